The Hall–Kier alpha value is -4.19. The Morgan fingerprint density at radius 3 is 2.44 bits per heavy atom. The number of methoxy groups -OCH3 is 1. The Kier molecular flexibility index (Phi) is 7.07. The third kappa shape index (κ3) is 4.07. The summed E-state index contributed by atoms with van der Waals surface area (Å²) in [4.78, 5) is 58.8. The number of alkyl halides is 3. The second-order valence-corrected chi connectivity index (χ2v) is 14.2. The van der Waals surface area contributed by atoms with Crippen LogP contribution in [-0.2, 0) is 19.2 Å². The summed E-state index contributed by atoms with van der Waals surface area (Å²) in [5.74, 6) is -5.09. The normalized spacial score (nSPS) is 29.6. The van der Waals surface area contributed by atoms with E-state index in [2.05, 4.69) is 20.9 Å². The molecule has 1 aromatic heterocycles. The van der Waals surface area contributed by atoms with Crippen LogP contribution in [-0.4, -0.2) is 60.9 Å². The van der Waals surface area contributed by atoms with Crippen molar-refractivity contribution in [3.63, 3.8) is 0 Å². The molecular formula is C35H26BrCl2N3O7. The molecule has 0 unspecified atom stereocenters. The van der Waals surface area contributed by atoms with Crippen LogP contribution in [0.15, 0.2) is 82.8 Å². The lowest BCUT2D eigenvalue weighted by molar-refractivity contribution is -0.138. The SMILES string of the molecule is COc1ccc([C@H]2C3=CC[C@@H]4C(=O)N(c5ccc(-c6nc7ccccc7o6)cc5)C(=O)[C@@H]4[C@@H]3C[C@@]3(Cl)C(=O)N(CBr)C(=O)[C@@]23Cl)c(O)c1. The van der Waals surface area contributed by atoms with Gasteiger partial charge in [0.1, 0.15) is 17.0 Å². The number of anilines is 1. The molecular weight excluding hydrogens is 725 g/mol. The van der Waals surface area contributed by atoms with Gasteiger partial charge in [0.15, 0.2) is 15.3 Å². The number of carbonyl (C=O) groups is 4. The predicted octanol–water partition coefficient (Wildman–Crippen LogP) is 6.12. The zero-order valence-electron chi connectivity index (χ0n) is 25.2. The third-order valence-electron chi connectivity index (χ3n) is 10.2. The van der Waals surface area contributed by atoms with Crippen LogP contribution >= 0.6 is 39.1 Å². The average Bonchev–Trinajstić information content (AvgIpc) is 3.68. The molecule has 244 valence electrons. The highest BCUT2D eigenvalue weighted by atomic mass is 79.9. The standard InChI is InChI=1S/C35H26BrCl2N3O7/c1-47-19-10-11-21(25(42)14-19)28-20-12-13-22-27(23(20)15-34(37)32(45)40(16-36)33(46)35(28,34)38)31(44)41(30(22)43)18-8-6-17(7-9-18)29-39-24-4-2-3-5-26(24)48-29/h2-12,14,22-23,27-28,42H,13,15-16H2,1H3/t22-,23+,27-,28+,34+,35-/m0/s1. The first-order chi connectivity index (χ1) is 23.0. The van der Waals surface area contributed by atoms with Gasteiger partial charge in [0.2, 0.25) is 17.7 Å². The van der Waals surface area contributed by atoms with Crippen molar-refractivity contribution in [2.45, 2.75) is 28.5 Å². The number of fused-ring (bicyclic) bond motifs is 5. The Balaban J connectivity index is 1.19. The highest BCUT2D eigenvalue weighted by molar-refractivity contribution is 9.09. The summed E-state index contributed by atoms with van der Waals surface area (Å²) in [7, 11) is 1.45. The number of hydrogen-bond acceptors (Lipinski definition) is 8. The lowest BCUT2D eigenvalue weighted by Crippen LogP contribution is -2.60. The number of rotatable bonds is 5. The highest BCUT2D eigenvalue weighted by Gasteiger charge is 2.76. The molecule has 4 aromatic rings. The summed E-state index contributed by atoms with van der Waals surface area (Å²) in [6, 6.07) is 18.8. The molecule has 1 N–H and O–H groups in total. The molecule has 2 aliphatic carbocycles. The van der Waals surface area contributed by atoms with Gasteiger partial charge in [0.25, 0.3) is 11.8 Å². The zero-order valence-corrected chi connectivity index (χ0v) is 28.3. The van der Waals surface area contributed by atoms with E-state index in [4.69, 9.17) is 32.4 Å². The lowest BCUT2D eigenvalue weighted by Gasteiger charge is -2.50. The Morgan fingerprint density at radius 1 is 1.00 bits per heavy atom. The van der Waals surface area contributed by atoms with Crippen molar-refractivity contribution in [3.05, 3.63) is 83.9 Å². The minimum Gasteiger partial charge on any atom is -0.508 e. The number of phenols is 1. The van der Waals surface area contributed by atoms with Crippen LogP contribution in [0, 0.1) is 17.8 Å². The van der Waals surface area contributed by atoms with Crippen LogP contribution < -0.4 is 9.64 Å². The quantitative estimate of drug-likeness (QED) is 0.112. The van der Waals surface area contributed by atoms with E-state index >= 15 is 0 Å². The van der Waals surface area contributed by atoms with Crippen molar-refractivity contribution in [1.82, 2.24) is 9.88 Å². The fourth-order valence-electron chi connectivity index (χ4n) is 8.00. The second-order valence-electron chi connectivity index (χ2n) is 12.5. The number of amides is 4. The summed E-state index contributed by atoms with van der Waals surface area (Å²) >= 11 is 17.7. The van der Waals surface area contributed by atoms with Gasteiger partial charge in [0, 0.05) is 23.1 Å². The number of carbonyl (C=O) groups excluding carboxylic acids is 4. The monoisotopic (exact) mass is 749 g/mol. The minimum absolute atomic E-state index is 0.143. The molecule has 8 rings (SSSR count). The molecule has 2 aliphatic heterocycles. The second kappa shape index (κ2) is 10.9. The summed E-state index contributed by atoms with van der Waals surface area (Å²) in [5.41, 5.74) is 3.10. The molecule has 0 spiro atoms. The van der Waals surface area contributed by atoms with Gasteiger partial charge in [-0.3, -0.25) is 29.0 Å². The fourth-order valence-corrected chi connectivity index (χ4v) is 9.41. The molecule has 1 saturated carbocycles. The number of phenolic OH excluding ortho intramolecular Hbond substituents is 1. The van der Waals surface area contributed by atoms with E-state index < -0.39 is 51.1 Å². The molecule has 13 heteroatoms. The maximum atomic E-state index is 14.3. The minimum atomic E-state index is -2.02. The van der Waals surface area contributed by atoms with Crippen LogP contribution in [0.3, 0.4) is 0 Å². The summed E-state index contributed by atoms with van der Waals surface area (Å²) < 4.78 is 11.1. The van der Waals surface area contributed by atoms with Gasteiger partial charge in [-0.05, 0) is 61.2 Å². The first-order valence-electron chi connectivity index (χ1n) is 15.2. The van der Waals surface area contributed by atoms with Crippen molar-refractivity contribution < 1.29 is 33.4 Å². The van der Waals surface area contributed by atoms with E-state index in [-0.39, 0.29) is 35.5 Å². The molecule has 6 atom stereocenters. The molecule has 3 aromatic carbocycles. The summed E-state index contributed by atoms with van der Waals surface area (Å²) in [6.45, 7) is 0. The predicted molar refractivity (Wildman–Crippen MR) is 180 cm³/mol. The number of aromatic nitrogens is 1. The molecule has 4 aliphatic rings. The maximum absolute atomic E-state index is 14.3. The average molecular weight is 751 g/mol. The van der Waals surface area contributed by atoms with Gasteiger partial charge >= 0.3 is 0 Å². The Bertz CT molecular complexity index is 2070. The zero-order chi connectivity index (χ0) is 33.7. The summed E-state index contributed by atoms with van der Waals surface area (Å²) in [5, 5.41) is 11.2. The molecule has 0 radical (unpaired) electrons. The van der Waals surface area contributed by atoms with Gasteiger partial charge in [-0.25, -0.2) is 4.98 Å². The van der Waals surface area contributed by atoms with E-state index in [9.17, 15) is 24.3 Å². The van der Waals surface area contributed by atoms with Gasteiger partial charge in [0.05, 0.1) is 30.1 Å². The number of para-hydroxylation sites is 2. The summed E-state index contributed by atoms with van der Waals surface area (Å²) in [6.07, 6.45) is 1.86. The van der Waals surface area contributed by atoms with Gasteiger partial charge in [-0.2, -0.15) is 0 Å². The Labute approximate surface area is 292 Å². The number of hydrogen-bond donors (Lipinski definition) is 1. The van der Waals surface area contributed by atoms with Crippen molar-refractivity contribution in [2.75, 3.05) is 17.5 Å². The van der Waals surface area contributed by atoms with E-state index in [1.54, 1.807) is 36.4 Å². The van der Waals surface area contributed by atoms with Gasteiger partial charge in [-0.15, -0.1) is 23.2 Å². The largest absolute Gasteiger partial charge is 0.508 e. The third-order valence-corrected chi connectivity index (χ3v) is 12.1. The molecule has 0 bridgehead atoms. The number of oxazole rings is 1. The van der Waals surface area contributed by atoms with Crippen LogP contribution in [0.1, 0.15) is 24.3 Å². The van der Waals surface area contributed by atoms with Crippen LogP contribution in [0.25, 0.3) is 22.6 Å². The van der Waals surface area contributed by atoms with Crippen molar-refractivity contribution in [1.29, 1.82) is 0 Å². The van der Waals surface area contributed by atoms with E-state index in [1.165, 1.54) is 18.1 Å². The lowest BCUT2D eigenvalue weighted by atomic mass is 9.56. The van der Waals surface area contributed by atoms with Crippen molar-refractivity contribution >= 4 is 79.5 Å². The van der Waals surface area contributed by atoms with Crippen LogP contribution in [0.2, 0.25) is 0 Å². The fraction of sp³-hybridized carbons (Fsp3) is 0.286. The van der Waals surface area contributed by atoms with Gasteiger partial charge in [-0.1, -0.05) is 45.8 Å². The van der Waals surface area contributed by atoms with Crippen LogP contribution in [0.4, 0.5) is 5.69 Å². The number of imide groups is 2. The molecule has 4 amide bonds. The van der Waals surface area contributed by atoms with E-state index in [1.807, 2.05) is 30.3 Å². The number of likely N-dealkylation sites (tertiary alicyclic amines) is 1. The molecule has 10 nitrogen and oxygen atoms in total. The number of halogens is 3. The first-order valence-corrected chi connectivity index (χ1v) is 17.1. The molecule has 3 heterocycles. The number of benzene rings is 3. The van der Waals surface area contributed by atoms with Crippen LogP contribution in [0.5, 0.6) is 11.5 Å². The maximum Gasteiger partial charge on any atom is 0.254 e. The number of nitrogens with zero attached hydrogens (tertiary/aromatic N) is 3. The number of allylic oxidation sites excluding steroid dienone is 2. The molecule has 48 heavy (non-hydrogen) atoms. The van der Waals surface area contributed by atoms with E-state index in [0.29, 0.717) is 39.6 Å². The number of ether oxygens (including phenoxy) is 1. The van der Waals surface area contributed by atoms with E-state index in [0.717, 1.165) is 4.90 Å². The topological polar surface area (TPSA) is 130 Å². The van der Waals surface area contributed by atoms with Crippen molar-refractivity contribution in [2.24, 2.45) is 17.8 Å². The highest BCUT2D eigenvalue weighted by Crippen LogP contribution is 2.66. The van der Waals surface area contributed by atoms with Crippen molar-refractivity contribution in [3.8, 4) is 23.0 Å². The Morgan fingerprint density at radius 2 is 1.75 bits per heavy atom. The van der Waals surface area contributed by atoms with Gasteiger partial charge < -0.3 is 14.3 Å². The number of aromatic hydroxyl groups is 1. The first kappa shape index (κ1) is 31.1. The molecule has 2 saturated heterocycles. The smallest absolute Gasteiger partial charge is 0.254 e. The molecule has 3 fully saturated rings.